The van der Waals surface area contributed by atoms with Crippen LogP contribution in [0.3, 0.4) is 0 Å². The first-order valence-electron chi connectivity index (χ1n) is 16.9. The molecule has 2 amide bonds. The van der Waals surface area contributed by atoms with Crippen molar-refractivity contribution in [3.05, 3.63) is 52.0 Å². The Morgan fingerprint density at radius 3 is 2.32 bits per heavy atom. The average molecular weight is 671 g/mol. The van der Waals surface area contributed by atoms with Crippen LogP contribution in [0.5, 0.6) is 0 Å². The van der Waals surface area contributed by atoms with Gasteiger partial charge in [-0.1, -0.05) is 71.4 Å². The van der Waals surface area contributed by atoms with Gasteiger partial charge in [0.25, 0.3) is 5.91 Å². The largest absolute Gasteiger partial charge is 0.481 e. The number of likely N-dealkylation sites (N-methyl/N-ethyl adjacent to an activating group) is 1. The van der Waals surface area contributed by atoms with Crippen molar-refractivity contribution >= 4 is 34.9 Å². The Hall–Kier alpha value is -3.15. The van der Waals surface area contributed by atoms with E-state index in [-0.39, 0.29) is 60.6 Å². The van der Waals surface area contributed by atoms with Gasteiger partial charge in [0.05, 0.1) is 12.0 Å². The van der Waals surface area contributed by atoms with Crippen LogP contribution in [-0.4, -0.2) is 87.3 Å². The molecule has 0 bridgehead atoms. The first kappa shape index (κ1) is 38.3. The van der Waals surface area contributed by atoms with E-state index in [2.05, 4.69) is 15.2 Å². The molecule has 1 aromatic carbocycles. The lowest BCUT2D eigenvalue weighted by Crippen LogP contribution is -2.47. The number of hydrogen-bond donors (Lipinski definition) is 3. The third kappa shape index (κ3) is 10.9. The number of ketones is 1. The number of hydrogen-bond acceptors (Lipinski definition) is 8. The molecular formula is C36H54N4O6S. The molecule has 0 unspecified atom stereocenters. The SMILES string of the molecule is CC(C)[C@H](CC(=O)[C@H]1CCCCN1C)C(=O)N(C)[C@H](C[C@@H](O)c1nc(C(=O)N[C@@H](Cc2ccccc2)C[C@H](C)C(=O)O)cs1)C(C)C. The van der Waals surface area contributed by atoms with Gasteiger partial charge in [0.2, 0.25) is 5.91 Å². The molecule has 47 heavy (non-hydrogen) atoms. The minimum atomic E-state index is -1.01. The molecule has 10 nitrogen and oxygen atoms in total. The maximum absolute atomic E-state index is 13.9. The summed E-state index contributed by atoms with van der Waals surface area (Å²) in [5, 5.41) is 25.7. The first-order valence-corrected chi connectivity index (χ1v) is 17.8. The van der Waals surface area contributed by atoms with Gasteiger partial charge >= 0.3 is 5.97 Å². The summed E-state index contributed by atoms with van der Waals surface area (Å²) in [5.74, 6) is -2.45. The van der Waals surface area contributed by atoms with Crippen LogP contribution in [0, 0.1) is 23.7 Å². The maximum atomic E-state index is 13.9. The van der Waals surface area contributed by atoms with Crippen LogP contribution < -0.4 is 5.32 Å². The molecule has 3 N–H and O–H groups in total. The van der Waals surface area contributed by atoms with E-state index in [1.807, 2.05) is 65.1 Å². The van der Waals surface area contributed by atoms with E-state index in [9.17, 15) is 29.4 Å². The predicted molar refractivity (Wildman–Crippen MR) is 184 cm³/mol. The average Bonchev–Trinajstić information content (AvgIpc) is 3.53. The van der Waals surface area contributed by atoms with Crippen molar-refractivity contribution in [3.8, 4) is 0 Å². The molecule has 11 heteroatoms. The zero-order valence-electron chi connectivity index (χ0n) is 29.0. The Morgan fingerprint density at radius 2 is 1.72 bits per heavy atom. The van der Waals surface area contributed by atoms with Gasteiger partial charge in [0.15, 0.2) is 5.78 Å². The Kier molecular flexibility index (Phi) is 14.5. The zero-order valence-corrected chi connectivity index (χ0v) is 29.8. The van der Waals surface area contributed by atoms with E-state index in [0.717, 1.165) is 31.4 Å². The van der Waals surface area contributed by atoms with Crippen LogP contribution in [0.15, 0.2) is 35.7 Å². The number of carboxylic acid groups (broad SMARTS) is 1. The molecule has 2 aromatic rings. The lowest BCUT2D eigenvalue weighted by atomic mass is 9.85. The molecule has 0 saturated carbocycles. The van der Waals surface area contributed by atoms with Crippen LogP contribution in [0.2, 0.25) is 0 Å². The Balaban J connectivity index is 1.68. The number of aliphatic hydroxyl groups excluding tert-OH is 1. The number of amides is 2. The number of aliphatic carboxylic acids is 1. The van der Waals surface area contributed by atoms with E-state index >= 15 is 0 Å². The number of carbonyl (C=O) groups excluding carboxylic acids is 3. The summed E-state index contributed by atoms with van der Waals surface area (Å²) in [6, 6.07) is 8.69. The normalized spacial score (nSPS) is 18.7. The highest BCUT2D eigenvalue weighted by Gasteiger charge is 2.36. The second kappa shape index (κ2) is 17.8. The van der Waals surface area contributed by atoms with Crippen LogP contribution in [-0.2, 0) is 20.8 Å². The number of Topliss-reactive ketones (excluding diaryl/α,β-unsaturated/α-hetero) is 1. The number of aliphatic hydroxyl groups is 1. The Bertz CT molecular complexity index is 1330. The number of thiazole rings is 1. The number of aromatic nitrogens is 1. The molecule has 1 aliphatic heterocycles. The summed E-state index contributed by atoms with van der Waals surface area (Å²) < 4.78 is 0. The van der Waals surface area contributed by atoms with Gasteiger partial charge in [-0.2, -0.15) is 0 Å². The van der Waals surface area contributed by atoms with E-state index < -0.39 is 35.9 Å². The minimum Gasteiger partial charge on any atom is -0.481 e. The summed E-state index contributed by atoms with van der Waals surface area (Å²) in [5.41, 5.74) is 1.13. The number of benzene rings is 1. The topological polar surface area (TPSA) is 140 Å². The van der Waals surface area contributed by atoms with E-state index in [0.29, 0.717) is 11.4 Å². The molecular weight excluding hydrogens is 616 g/mol. The fraction of sp³-hybridized carbons (Fsp3) is 0.639. The standard InChI is InChI=1S/C36H54N4O6S/c1-22(2)27(19-31(41)29-15-11-12-16-39(29)6)35(44)40(7)30(23(3)4)20-32(42)34-38-28(21-47-34)33(43)37-26(17-24(5)36(45)46)18-25-13-9-8-10-14-25/h8-10,13-14,21-24,26-27,29-30,32,42H,11-12,15-20H2,1-7H3,(H,37,43)(H,45,46)/t24-,26+,27-,29+,30+,32+/m0/s1. The number of nitrogens with one attached hydrogen (secondary N) is 1. The first-order chi connectivity index (χ1) is 22.2. The molecule has 0 spiro atoms. The predicted octanol–water partition coefficient (Wildman–Crippen LogP) is 5.22. The summed E-state index contributed by atoms with van der Waals surface area (Å²) in [6.45, 7) is 10.5. The Labute approximate surface area is 284 Å². The molecule has 2 heterocycles. The quantitative estimate of drug-likeness (QED) is 0.208. The molecule has 0 radical (unpaired) electrons. The van der Waals surface area contributed by atoms with Gasteiger partial charge < -0.3 is 20.4 Å². The molecule has 1 aromatic heterocycles. The number of carbonyl (C=O) groups is 4. The third-order valence-corrected chi connectivity index (χ3v) is 10.5. The zero-order chi connectivity index (χ0) is 34.8. The number of rotatable bonds is 17. The summed E-state index contributed by atoms with van der Waals surface area (Å²) in [4.78, 5) is 60.2. The molecule has 1 fully saturated rings. The number of likely N-dealkylation sites (tertiary alicyclic amines) is 1. The van der Waals surface area contributed by atoms with E-state index in [4.69, 9.17) is 0 Å². The molecule has 260 valence electrons. The molecule has 1 aliphatic rings. The summed E-state index contributed by atoms with van der Waals surface area (Å²) in [6.07, 6.45) is 3.08. The fourth-order valence-electron chi connectivity index (χ4n) is 6.50. The fourth-order valence-corrected chi connectivity index (χ4v) is 7.30. The minimum absolute atomic E-state index is 0.0179. The molecule has 1 saturated heterocycles. The van der Waals surface area contributed by atoms with Gasteiger partial charge in [-0.05, 0) is 56.7 Å². The van der Waals surface area contributed by atoms with Crippen LogP contribution in [0.25, 0.3) is 0 Å². The van der Waals surface area contributed by atoms with Crippen LogP contribution in [0.4, 0.5) is 0 Å². The monoisotopic (exact) mass is 670 g/mol. The van der Waals surface area contributed by atoms with Crippen molar-refractivity contribution in [1.82, 2.24) is 20.1 Å². The van der Waals surface area contributed by atoms with Crippen LogP contribution in [0.1, 0.15) is 100 Å². The highest BCUT2D eigenvalue weighted by molar-refractivity contribution is 7.09. The van der Waals surface area contributed by atoms with Crippen LogP contribution >= 0.6 is 11.3 Å². The van der Waals surface area contributed by atoms with Gasteiger partial charge in [-0.25, -0.2) is 4.98 Å². The maximum Gasteiger partial charge on any atom is 0.306 e. The van der Waals surface area contributed by atoms with Gasteiger partial charge in [0.1, 0.15) is 16.8 Å². The second-order valence-electron chi connectivity index (χ2n) is 13.9. The molecule has 3 rings (SSSR count). The highest BCUT2D eigenvalue weighted by Crippen LogP contribution is 2.30. The molecule has 6 atom stereocenters. The van der Waals surface area contributed by atoms with Gasteiger partial charge in [0, 0.05) is 43.3 Å². The lowest BCUT2D eigenvalue weighted by Gasteiger charge is -2.37. The third-order valence-electron chi connectivity index (χ3n) is 9.52. The van der Waals surface area contributed by atoms with Crippen molar-refractivity contribution in [2.75, 3.05) is 20.6 Å². The smallest absolute Gasteiger partial charge is 0.306 e. The van der Waals surface area contributed by atoms with Crippen molar-refractivity contribution < 1.29 is 29.4 Å². The number of piperidine rings is 1. The highest BCUT2D eigenvalue weighted by atomic mass is 32.1. The lowest BCUT2D eigenvalue weighted by molar-refractivity contribution is -0.143. The molecule has 0 aliphatic carbocycles. The number of nitrogens with zero attached hydrogens (tertiary/aromatic N) is 3. The van der Waals surface area contributed by atoms with Gasteiger partial charge in [-0.3, -0.25) is 24.1 Å². The summed E-state index contributed by atoms with van der Waals surface area (Å²) in [7, 11) is 3.73. The number of carboxylic acids is 1. The second-order valence-corrected chi connectivity index (χ2v) is 14.8. The van der Waals surface area contributed by atoms with Crippen molar-refractivity contribution in [2.45, 2.75) is 104 Å². The van der Waals surface area contributed by atoms with Crippen molar-refractivity contribution in [3.63, 3.8) is 0 Å². The van der Waals surface area contributed by atoms with E-state index in [1.165, 1.54) is 11.3 Å². The van der Waals surface area contributed by atoms with Crippen molar-refractivity contribution in [1.29, 1.82) is 0 Å². The van der Waals surface area contributed by atoms with E-state index in [1.54, 1.807) is 24.3 Å². The summed E-state index contributed by atoms with van der Waals surface area (Å²) >= 11 is 1.18. The Morgan fingerprint density at radius 1 is 1.04 bits per heavy atom. The van der Waals surface area contributed by atoms with Gasteiger partial charge in [-0.15, -0.1) is 11.3 Å². The van der Waals surface area contributed by atoms with Crippen molar-refractivity contribution in [2.24, 2.45) is 23.7 Å².